The fraction of sp³-hybridized carbons (Fsp3) is 0.111. The summed E-state index contributed by atoms with van der Waals surface area (Å²) in [5.41, 5.74) is 6.35. The highest BCUT2D eigenvalue weighted by molar-refractivity contribution is 5.49. The van der Waals surface area contributed by atoms with Crippen molar-refractivity contribution < 1.29 is 0 Å². The summed E-state index contributed by atoms with van der Waals surface area (Å²) in [6.07, 6.45) is 9.23. The van der Waals surface area contributed by atoms with Crippen molar-refractivity contribution in [1.29, 1.82) is 0 Å². The van der Waals surface area contributed by atoms with Gasteiger partial charge in [-0.05, 0) is 12.1 Å². The van der Waals surface area contributed by atoms with Crippen LogP contribution >= 0.6 is 0 Å². The van der Waals surface area contributed by atoms with Gasteiger partial charge in [0.2, 0.25) is 5.78 Å². The third-order valence-corrected chi connectivity index (χ3v) is 1.74. The average molecular weight is 174 g/mol. The predicted molar refractivity (Wildman–Crippen MR) is 51.1 cm³/mol. The van der Waals surface area contributed by atoms with E-state index < -0.39 is 0 Å². The highest BCUT2D eigenvalue weighted by Gasteiger charge is 1.97. The van der Waals surface area contributed by atoms with Crippen LogP contribution in [0.2, 0.25) is 0 Å². The maximum Gasteiger partial charge on any atom is 0.234 e. The van der Waals surface area contributed by atoms with Crippen molar-refractivity contribution >= 4 is 11.9 Å². The zero-order chi connectivity index (χ0) is 9.10. The van der Waals surface area contributed by atoms with Crippen molar-refractivity contribution in [2.75, 3.05) is 6.54 Å². The minimum atomic E-state index is 0.535. The van der Waals surface area contributed by atoms with Crippen LogP contribution in [0, 0.1) is 0 Å². The quantitative estimate of drug-likeness (QED) is 0.729. The molecule has 4 nitrogen and oxygen atoms in total. The molecule has 0 aliphatic rings. The SMILES string of the molecule is NCC=Cc1cnc2ncccn12. The van der Waals surface area contributed by atoms with Crippen LogP contribution in [0.15, 0.2) is 30.7 Å². The Morgan fingerprint density at radius 2 is 2.38 bits per heavy atom. The van der Waals surface area contributed by atoms with E-state index in [1.54, 1.807) is 12.4 Å². The molecule has 2 rings (SSSR count). The van der Waals surface area contributed by atoms with Gasteiger partial charge in [0.1, 0.15) is 0 Å². The second-order valence-corrected chi connectivity index (χ2v) is 2.61. The highest BCUT2D eigenvalue weighted by Crippen LogP contribution is 2.04. The zero-order valence-corrected chi connectivity index (χ0v) is 7.09. The number of hydrogen-bond acceptors (Lipinski definition) is 3. The Labute approximate surface area is 75.7 Å². The first kappa shape index (κ1) is 7.94. The molecule has 2 heterocycles. The fourth-order valence-corrected chi connectivity index (χ4v) is 1.16. The van der Waals surface area contributed by atoms with E-state index >= 15 is 0 Å². The Morgan fingerprint density at radius 3 is 3.23 bits per heavy atom. The standard InChI is InChI=1S/C9H10N4/c10-4-1-3-8-7-12-9-11-5-2-6-13(8)9/h1-3,5-7H,4,10H2. The molecule has 0 aromatic carbocycles. The maximum atomic E-state index is 5.36. The summed E-state index contributed by atoms with van der Waals surface area (Å²) in [6, 6.07) is 1.87. The second kappa shape index (κ2) is 3.37. The van der Waals surface area contributed by atoms with Gasteiger partial charge in [0, 0.05) is 18.9 Å². The van der Waals surface area contributed by atoms with Crippen molar-refractivity contribution in [3.63, 3.8) is 0 Å². The van der Waals surface area contributed by atoms with Gasteiger partial charge >= 0.3 is 0 Å². The monoisotopic (exact) mass is 174 g/mol. The number of nitrogens with zero attached hydrogens (tertiary/aromatic N) is 3. The van der Waals surface area contributed by atoms with Crippen LogP contribution in [0.4, 0.5) is 0 Å². The lowest BCUT2D eigenvalue weighted by Gasteiger charge is -1.93. The Balaban J connectivity index is 2.52. The molecule has 0 saturated carbocycles. The smallest absolute Gasteiger partial charge is 0.234 e. The molecular weight excluding hydrogens is 164 g/mol. The minimum Gasteiger partial charge on any atom is -0.327 e. The molecule has 0 aliphatic carbocycles. The van der Waals surface area contributed by atoms with Gasteiger partial charge in [0.25, 0.3) is 0 Å². The molecule has 0 bridgehead atoms. The number of imidazole rings is 1. The Kier molecular flexibility index (Phi) is 2.06. The fourth-order valence-electron chi connectivity index (χ4n) is 1.16. The number of hydrogen-bond donors (Lipinski definition) is 1. The summed E-state index contributed by atoms with van der Waals surface area (Å²) in [5.74, 6) is 0.708. The first-order valence-electron chi connectivity index (χ1n) is 4.06. The van der Waals surface area contributed by atoms with Crippen molar-refractivity contribution in [2.45, 2.75) is 0 Å². The molecule has 0 unspecified atom stereocenters. The third-order valence-electron chi connectivity index (χ3n) is 1.74. The van der Waals surface area contributed by atoms with E-state index in [2.05, 4.69) is 9.97 Å². The van der Waals surface area contributed by atoms with Crippen LogP contribution in [0.25, 0.3) is 11.9 Å². The van der Waals surface area contributed by atoms with Gasteiger partial charge in [-0.3, -0.25) is 4.40 Å². The Bertz CT molecular complexity index is 430. The lowest BCUT2D eigenvalue weighted by atomic mass is 10.4. The van der Waals surface area contributed by atoms with Crippen LogP contribution in [0.1, 0.15) is 5.69 Å². The first-order chi connectivity index (χ1) is 6.42. The van der Waals surface area contributed by atoms with Gasteiger partial charge in [0.15, 0.2) is 0 Å². The number of aromatic nitrogens is 3. The van der Waals surface area contributed by atoms with E-state index in [4.69, 9.17) is 5.73 Å². The summed E-state index contributed by atoms with van der Waals surface area (Å²) >= 11 is 0. The second-order valence-electron chi connectivity index (χ2n) is 2.61. The van der Waals surface area contributed by atoms with E-state index in [-0.39, 0.29) is 0 Å². The predicted octanol–water partition coefficient (Wildman–Crippen LogP) is 0.701. The molecule has 0 spiro atoms. The molecule has 0 amide bonds. The first-order valence-corrected chi connectivity index (χ1v) is 4.06. The van der Waals surface area contributed by atoms with Crippen molar-refractivity contribution in [2.24, 2.45) is 5.73 Å². The van der Waals surface area contributed by atoms with Gasteiger partial charge < -0.3 is 5.73 Å². The van der Waals surface area contributed by atoms with Gasteiger partial charge in [-0.2, -0.15) is 0 Å². The van der Waals surface area contributed by atoms with Crippen molar-refractivity contribution in [1.82, 2.24) is 14.4 Å². The van der Waals surface area contributed by atoms with Gasteiger partial charge in [-0.25, -0.2) is 9.97 Å². The summed E-state index contributed by atoms with van der Waals surface area (Å²) < 4.78 is 1.91. The van der Waals surface area contributed by atoms with E-state index in [0.29, 0.717) is 12.3 Å². The highest BCUT2D eigenvalue weighted by atomic mass is 15.1. The summed E-state index contributed by atoms with van der Waals surface area (Å²) in [7, 11) is 0. The topological polar surface area (TPSA) is 56.2 Å². The molecule has 0 radical (unpaired) electrons. The van der Waals surface area contributed by atoms with Gasteiger partial charge in [-0.15, -0.1) is 0 Å². The summed E-state index contributed by atoms with van der Waals surface area (Å²) in [4.78, 5) is 8.23. The van der Waals surface area contributed by atoms with E-state index in [9.17, 15) is 0 Å². The number of rotatable bonds is 2. The molecule has 13 heavy (non-hydrogen) atoms. The van der Waals surface area contributed by atoms with Gasteiger partial charge in [0.05, 0.1) is 11.9 Å². The number of nitrogens with two attached hydrogens (primary N) is 1. The van der Waals surface area contributed by atoms with E-state index in [1.165, 1.54) is 0 Å². The molecule has 66 valence electrons. The molecule has 2 aromatic rings. The Morgan fingerprint density at radius 1 is 1.46 bits per heavy atom. The zero-order valence-electron chi connectivity index (χ0n) is 7.09. The normalized spacial score (nSPS) is 11.5. The maximum absolute atomic E-state index is 5.36. The van der Waals surface area contributed by atoms with Crippen LogP contribution < -0.4 is 5.73 Å². The van der Waals surface area contributed by atoms with Gasteiger partial charge in [-0.1, -0.05) is 6.08 Å². The molecule has 0 aliphatic heterocycles. The minimum absolute atomic E-state index is 0.535. The molecule has 0 saturated heterocycles. The van der Waals surface area contributed by atoms with Crippen molar-refractivity contribution in [3.05, 3.63) is 36.4 Å². The lowest BCUT2D eigenvalue weighted by molar-refractivity contribution is 1.10. The van der Waals surface area contributed by atoms with E-state index in [1.807, 2.05) is 28.8 Å². The summed E-state index contributed by atoms with van der Waals surface area (Å²) in [6.45, 7) is 0.535. The molecule has 4 heteroatoms. The number of fused-ring (bicyclic) bond motifs is 1. The molecule has 2 aromatic heterocycles. The lowest BCUT2D eigenvalue weighted by Crippen LogP contribution is -1.93. The van der Waals surface area contributed by atoms with E-state index in [0.717, 1.165) is 5.69 Å². The van der Waals surface area contributed by atoms with Crippen LogP contribution in [0.3, 0.4) is 0 Å². The average Bonchev–Trinajstić information content (AvgIpc) is 2.58. The van der Waals surface area contributed by atoms with Crippen LogP contribution in [-0.2, 0) is 0 Å². The van der Waals surface area contributed by atoms with Crippen LogP contribution in [0.5, 0.6) is 0 Å². The molecule has 0 fully saturated rings. The summed E-state index contributed by atoms with van der Waals surface area (Å²) in [5, 5.41) is 0. The third kappa shape index (κ3) is 1.43. The van der Waals surface area contributed by atoms with Crippen molar-refractivity contribution in [3.8, 4) is 0 Å². The molecule has 0 atom stereocenters. The molecule has 2 N–H and O–H groups in total. The van der Waals surface area contributed by atoms with Crippen LogP contribution in [-0.4, -0.2) is 20.9 Å². The molecular formula is C9H10N4. The Hall–Kier alpha value is -1.68. The largest absolute Gasteiger partial charge is 0.327 e.